The van der Waals surface area contributed by atoms with Gasteiger partial charge < -0.3 is 14.8 Å². The van der Waals surface area contributed by atoms with Crippen LogP contribution in [0.3, 0.4) is 0 Å². The molecule has 8 heteroatoms. The SMILES string of the molecule is O=C(Nc1cccc(OC2CCCC2)c1)c1ccc(OCC(F)(F)F)nc1. The topological polar surface area (TPSA) is 60.5 Å². The molecule has 5 nitrogen and oxygen atoms in total. The van der Waals surface area contributed by atoms with Gasteiger partial charge in [-0.2, -0.15) is 13.2 Å². The maximum absolute atomic E-state index is 12.3. The highest BCUT2D eigenvalue weighted by Crippen LogP contribution is 2.26. The summed E-state index contributed by atoms with van der Waals surface area (Å²) in [6.07, 6.45) is 1.33. The minimum absolute atomic E-state index is 0.198. The number of nitrogens with zero attached hydrogens (tertiary/aromatic N) is 1. The highest BCUT2D eigenvalue weighted by atomic mass is 19.4. The first-order valence-electron chi connectivity index (χ1n) is 8.63. The summed E-state index contributed by atoms with van der Waals surface area (Å²) in [4.78, 5) is 16.0. The van der Waals surface area contributed by atoms with Gasteiger partial charge in [-0.1, -0.05) is 6.07 Å². The number of hydrogen-bond donors (Lipinski definition) is 1. The lowest BCUT2D eigenvalue weighted by atomic mass is 10.2. The number of amides is 1. The molecule has 0 saturated heterocycles. The molecule has 1 heterocycles. The van der Waals surface area contributed by atoms with Crippen molar-refractivity contribution in [3.8, 4) is 11.6 Å². The maximum Gasteiger partial charge on any atom is 0.422 e. The number of aromatic nitrogens is 1. The van der Waals surface area contributed by atoms with Gasteiger partial charge in [0.05, 0.1) is 11.7 Å². The molecule has 0 bridgehead atoms. The van der Waals surface area contributed by atoms with Crippen molar-refractivity contribution in [2.75, 3.05) is 11.9 Å². The largest absolute Gasteiger partial charge is 0.490 e. The molecule has 144 valence electrons. The molecular weight excluding hydrogens is 361 g/mol. The molecular formula is C19H19F3N2O3. The quantitative estimate of drug-likeness (QED) is 0.796. The lowest BCUT2D eigenvalue weighted by Crippen LogP contribution is -2.19. The van der Waals surface area contributed by atoms with Crippen LogP contribution in [0.2, 0.25) is 0 Å². The Morgan fingerprint density at radius 3 is 2.63 bits per heavy atom. The summed E-state index contributed by atoms with van der Waals surface area (Å²) in [6.45, 7) is -1.43. The maximum atomic E-state index is 12.3. The summed E-state index contributed by atoms with van der Waals surface area (Å²) in [5.41, 5.74) is 0.768. The Morgan fingerprint density at radius 2 is 1.96 bits per heavy atom. The predicted molar refractivity (Wildman–Crippen MR) is 93.1 cm³/mol. The van der Waals surface area contributed by atoms with Crippen molar-refractivity contribution in [2.45, 2.75) is 38.0 Å². The molecule has 1 fully saturated rings. The number of halogens is 3. The van der Waals surface area contributed by atoms with Crippen LogP contribution < -0.4 is 14.8 Å². The second-order valence-corrected chi connectivity index (χ2v) is 6.30. The van der Waals surface area contributed by atoms with Crippen LogP contribution in [0, 0.1) is 0 Å². The summed E-state index contributed by atoms with van der Waals surface area (Å²) < 4.78 is 46.8. The smallest absolute Gasteiger partial charge is 0.422 e. The standard InChI is InChI=1S/C19H19F3N2O3/c20-19(21,22)12-26-17-9-8-13(11-23-17)18(25)24-14-4-3-7-16(10-14)27-15-5-1-2-6-15/h3-4,7-11,15H,1-2,5-6,12H2,(H,24,25). The van der Waals surface area contributed by atoms with E-state index in [1.165, 1.54) is 18.3 Å². The fourth-order valence-corrected chi connectivity index (χ4v) is 2.80. The van der Waals surface area contributed by atoms with Crippen LogP contribution in [0.4, 0.5) is 18.9 Å². The minimum Gasteiger partial charge on any atom is -0.490 e. The Bertz CT molecular complexity index is 773. The fraction of sp³-hybridized carbons (Fsp3) is 0.368. The van der Waals surface area contributed by atoms with E-state index in [1.807, 2.05) is 6.07 Å². The van der Waals surface area contributed by atoms with Crippen molar-refractivity contribution in [1.82, 2.24) is 4.98 Å². The molecule has 1 amide bonds. The van der Waals surface area contributed by atoms with E-state index in [2.05, 4.69) is 15.0 Å². The molecule has 27 heavy (non-hydrogen) atoms. The summed E-state index contributed by atoms with van der Waals surface area (Å²) >= 11 is 0. The van der Waals surface area contributed by atoms with Gasteiger partial charge in [0.2, 0.25) is 5.88 Å². The summed E-state index contributed by atoms with van der Waals surface area (Å²) in [5.74, 6) is 0.0625. The summed E-state index contributed by atoms with van der Waals surface area (Å²) in [6, 6.07) is 9.67. The molecule has 3 rings (SSSR count). The Morgan fingerprint density at radius 1 is 1.19 bits per heavy atom. The fourth-order valence-electron chi connectivity index (χ4n) is 2.80. The van der Waals surface area contributed by atoms with Gasteiger partial charge in [0.1, 0.15) is 5.75 Å². The molecule has 1 aliphatic rings. The highest BCUT2D eigenvalue weighted by molar-refractivity contribution is 6.04. The van der Waals surface area contributed by atoms with Crippen LogP contribution in [-0.2, 0) is 0 Å². The first-order chi connectivity index (χ1) is 12.9. The normalized spacial score (nSPS) is 14.8. The van der Waals surface area contributed by atoms with Gasteiger partial charge in [-0.25, -0.2) is 4.98 Å². The number of rotatable bonds is 6. The first kappa shape index (κ1) is 19.0. The number of anilines is 1. The van der Waals surface area contributed by atoms with Gasteiger partial charge >= 0.3 is 6.18 Å². The molecule has 1 aliphatic carbocycles. The van der Waals surface area contributed by atoms with Crippen LogP contribution in [0.15, 0.2) is 42.6 Å². The number of alkyl halides is 3. The van der Waals surface area contributed by atoms with E-state index in [0.717, 1.165) is 25.7 Å². The number of nitrogens with one attached hydrogen (secondary N) is 1. The van der Waals surface area contributed by atoms with E-state index >= 15 is 0 Å². The monoisotopic (exact) mass is 380 g/mol. The number of carbonyl (C=O) groups is 1. The Kier molecular flexibility index (Phi) is 5.83. The molecule has 2 aromatic rings. The van der Waals surface area contributed by atoms with Crippen LogP contribution >= 0.6 is 0 Å². The molecule has 1 aromatic carbocycles. The second kappa shape index (κ2) is 8.28. The third-order valence-corrected chi connectivity index (χ3v) is 4.08. The van der Waals surface area contributed by atoms with E-state index in [9.17, 15) is 18.0 Å². The van der Waals surface area contributed by atoms with Crippen molar-refractivity contribution >= 4 is 11.6 Å². The number of benzene rings is 1. The third-order valence-electron chi connectivity index (χ3n) is 4.08. The molecule has 0 radical (unpaired) electrons. The molecule has 0 atom stereocenters. The second-order valence-electron chi connectivity index (χ2n) is 6.30. The summed E-state index contributed by atoms with van der Waals surface area (Å²) in [5, 5.41) is 2.72. The van der Waals surface area contributed by atoms with E-state index in [0.29, 0.717) is 11.4 Å². The van der Waals surface area contributed by atoms with Crippen molar-refractivity contribution in [3.05, 3.63) is 48.2 Å². The van der Waals surface area contributed by atoms with Gasteiger partial charge in [0.25, 0.3) is 5.91 Å². The molecule has 1 aromatic heterocycles. The molecule has 0 unspecified atom stereocenters. The van der Waals surface area contributed by atoms with Crippen molar-refractivity contribution < 1.29 is 27.4 Å². The number of carbonyl (C=O) groups excluding carboxylic acids is 1. The highest BCUT2D eigenvalue weighted by Gasteiger charge is 2.28. The van der Waals surface area contributed by atoms with Crippen molar-refractivity contribution in [2.24, 2.45) is 0 Å². The van der Waals surface area contributed by atoms with E-state index in [4.69, 9.17) is 4.74 Å². The predicted octanol–water partition coefficient (Wildman–Crippen LogP) is 4.60. The minimum atomic E-state index is -4.44. The third kappa shape index (κ3) is 5.87. The zero-order valence-corrected chi connectivity index (χ0v) is 14.5. The average Bonchev–Trinajstić information content (AvgIpc) is 3.13. The van der Waals surface area contributed by atoms with Crippen LogP contribution in [0.25, 0.3) is 0 Å². The lowest BCUT2D eigenvalue weighted by Gasteiger charge is -2.14. The van der Waals surface area contributed by atoms with Gasteiger partial charge in [-0.3, -0.25) is 4.79 Å². The first-order valence-corrected chi connectivity index (χ1v) is 8.63. The van der Waals surface area contributed by atoms with Crippen LogP contribution in [0.5, 0.6) is 11.6 Å². The Labute approximate surface area is 154 Å². The number of ether oxygens (including phenoxy) is 2. The van der Waals surface area contributed by atoms with Gasteiger partial charge in [0, 0.05) is 24.0 Å². The van der Waals surface area contributed by atoms with Gasteiger partial charge in [-0.15, -0.1) is 0 Å². The lowest BCUT2D eigenvalue weighted by molar-refractivity contribution is -0.154. The number of pyridine rings is 1. The average molecular weight is 380 g/mol. The number of hydrogen-bond acceptors (Lipinski definition) is 4. The van der Waals surface area contributed by atoms with Crippen LogP contribution in [-0.4, -0.2) is 29.8 Å². The van der Waals surface area contributed by atoms with Crippen molar-refractivity contribution in [3.63, 3.8) is 0 Å². The Hall–Kier alpha value is -2.77. The molecule has 1 N–H and O–H groups in total. The van der Waals surface area contributed by atoms with Gasteiger partial charge in [-0.05, 0) is 43.9 Å². The van der Waals surface area contributed by atoms with E-state index in [1.54, 1.807) is 18.2 Å². The molecule has 0 spiro atoms. The van der Waals surface area contributed by atoms with Crippen LogP contribution in [0.1, 0.15) is 36.0 Å². The van der Waals surface area contributed by atoms with Crippen molar-refractivity contribution in [1.29, 1.82) is 0 Å². The zero-order valence-electron chi connectivity index (χ0n) is 14.5. The van der Waals surface area contributed by atoms with E-state index in [-0.39, 0.29) is 17.5 Å². The van der Waals surface area contributed by atoms with E-state index < -0.39 is 18.7 Å². The molecule has 0 aliphatic heterocycles. The zero-order chi connectivity index (χ0) is 19.3. The molecule has 1 saturated carbocycles. The Balaban J connectivity index is 1.58. The van der Waals surface area contributed by atoms with Gasteiger partial charge in [0.15, 0.2) is 6.61 Å². The summed E-state index contributed by atoms with van der Waals surface area (Å²) in [7, 11) is 0.